The fourth-order valence-corrected chi connectivity index (χ4v) is 1.68. The quantitative estimate of drug-likeness (QED) is 0.890. The number of carbonyl (C=O) groups excluding carboxylic acids is 2. The van der Waals surface area contributed by atoms with E-state index in [0.717, 1.165) is 12.1 Å². The van der Waals surface area contributed by atoms with Crippen LogP contribution < -0.4 is 10.6 Å². The Morgan fingerprint density at radius 1 is 1.20 bits per heavy atom. The monoisotopic (exact) mass is 288 g/mol. The lowest BCUT2D eigenvalue weighted by Gasteiger charge is -2.19. The first-order chi connectivity index (χ1) is 9.20. The van der Waals surface area contributed by atoms with Crippen LogP contribution in [0, 0.1) is 0 Å². The minimum absolute atomic E-state index is 0.0240. The molecule has 0 radical (unpaired) electrons. The number of benzene rings is 1. The molecule has 0 saturated carbocycles. The number of carbonyl (C=O) groups is 2. The molecule has 110 valence electrons. The normalized spacial score (nSPS) is 12.7. The molecule has 1 unspecified atom stereocenters. The number of nitrogens with one attached hydrogen (secondary N) is 2. The van der Waals surface area contributed by atoms with Crippen LogP contribution in [0.2, 0.25) is 0 Å². The Morgan fingerprint density at radius 2 is 1.85 bits per heavy atom. The average molecular weight is 288 g/mol. The van der Waals surface area contributed by atoms with Crippen molar-refractivity contribution in [1.29, 1.82) is 0 Å². The number of amides is 2. The van der Waals surface area contributed by atoms with Crippen molar-refractivity contribution in [3.05, 3.63) is 35.4 Å². The molecule has 1 rings (SSSR count). The molecule has 2 N–H and O–H groups in total. The van der Waals surface area contributed by atoms with Gasteiger partial charge in [0.25, 0.3) is 0 Å². The number of halogens is 3. The highest BCUT2D eigenvalue weighted by molar-refractivity contribution is 5.74. The summed E-state index contributed by atoms with van der Waals surface area (Å²) in [4.78, 5) is 22.0. The molecule has 0 spiro atoms. The highest BCUT2D eigenvalue weighted by Crippen LogP contribution is 2.30. The third-order valence-corrected chi connectivity index (χ3v) is 2.55. The minimum Gasteiger partial charge on any atom is -0.354 e. The smallest absolute Gasteiger partial charge is 0.354 e. The van der Waals surface area contributed by atoms with Crippen LogP contribution in [0.3, 0.4) is 0 Å². The van der Waals surface area contributed by atoms with Crippen LogP contribution in [-0.4, -0.2) is 18.4 Å². The van der Waals surface area contributed by atoms with Gasteiger partial charge in [-0.05, 0) is 17.7 Å². The van der Waals surface area contributed by atoms with E-state index < -0.39 is 23.7 Å². The van der Waals surface area contributed by atoms with E-state index in [1.807, 2.05) is 0 Å². The van der Waals surface area contributed by atoms with Crippen molar-refractivity contribution >= 4 is 11.8 Å². The van der Waals surface area contributed by atoms with E-state index in [2.05, 4.69) is 10.6 Å². The van der Waals surface area contributed by atoms with Crippen LogP contribution in [0.4, 0.5) is 13.2 Å². The van der Waals surface area contributed by atoms with E-state index in [1.165, 1.54) is 26.0 Å². The van der Waals surface area contributed by atoms with Crippen molar-refractivity contribution in [3.63, 3.8) is 0 Å². The van der Waals surface area contributed by atoms with Crippen LogP contribution in [0.15, 0.2) is 24.3 Å². The average Bonchev–Trinajstić information content (AvgIpc) is 2.33. The molecule has 0 aliphatic heterocycles. The molecule has 0 saturated heterocycles. The molecule has 1 aromatic rings. The van der Waals surface area contributed by atoms with Gasteiger partial charge in [-0.3, -0.25) is 9.59 Å². The van der Waals surface area contributed by atoms with Gasteiger partial charge in [0.15, 0.2) is 0 Å². The fourth-order valence-electron chi connectivity index (χ4n) is 1.68. The van der Waals surface area contributed by atoms with E-state index in [-0.39, 0.29) is 18.0 Å². The lowest BCUT2D eigenvalue weighted by molar-refractivity contribution is -0.137. The molecule has 4 nitrogen and oxygen atoms in total. The van der Waals surface area contributed by atoms with Crippen LogP contribution in [0.1, 0.15) is 31.0 Å². The Hall–Kier alpha value is -2.05. The van der Waals surface area contributed by atoms with Gasteiger partial charge in [-0.15, -0.1) is 0 Å². The molecule has 7 heteroatoms. The number of rotatable bonds is 4. The Bertz CT molecular complexity index is 501. The van der Waals surface area contributed by atoms with Crippen molar-refractivity contribution in [2.45, 2.75) is 26.1 Å². The number of alkyl halides is 3. The van der Waals surface area contributed by atoms with Gasteiger partial charge in [-0.1, -0.05) is 12.1 Å². The Labute approximate surface area is 114 Å². The van der Waals surface area contributed by atoms with Crippen molar-refractivity contribution in [2.75, 3.05) is 6.54 Å². The molecule has 1 atom stereocenters. The minimum atomic E-state index is -4.45. The predicted molar refractivity (Wildman–Crippen MR) is 66.7 cm³/mol. The lowest BCUT2D eigenvalue weighted by atomic mass is 10.0. The standard InChI is InChI=1S/C13H15F3N2O2/c1-8(19)17-7-12(18-9(2)20)10-4-3-5-11(6-10)13(14,15)16/h3-6,12H,7H2,1-2H3,(H,17,19)(H,18,20). The van der Waals surface area contributed by atoms with Gasteiger partial charge in [-0.25, -0.2) is 0 Å². The van der Waals surface area contributed by atoms with Gasteiger partial charge >= 0.3 is 6.18 Å². The molecule has 0 fully saturated rings. The molecule has 20 heavy (non-hydrogen) atoms. The Kier molecular flexibility index (Phi) is 5.12. The van der Waals surface area contributed by atoms with E-state index >= 15 is 0 Å². The largest absolute Gasteiger partial charge is 0.416 e. The van der Waals surface area contributed by atoms with E-state index in [1.54, 1.807) is 0 Å². The Balaban J connectivity index is 3.00. The summed E-state index contributed by atoms with van der Waals surface area (Å²) in [5.41, 5.74) is -0.517. The molecule has 0 aliphatic carbocycles. The second kappa shape index (κ2) is 6.40. The fraction of sp³-hybridized carbons (Fsp3) is 0.385. The van der Waals surface area contributed by atoms with Crippen LogP contribution in [-0.2, 0) is 15.8 Å². The maximum atomic E-state index is 12.7. The summed E-state index contributed by atoms with van der Waals surface area (Å²) in [5.74, 6) is -0.718. The first kappa shape index (κ1) is 16.0. The first-order valence-electron chi connectivity index (χ1n) is 5.89. The number of hydrogen-bond acceptors (Lipinski definition) is 2. The second-order valence-electron chi connectivity index (χ2n) is 4.31. The summed E-state index contributed by atoms with van der Waals surface area (Å²) in [5, 5.41) is 4.98. The van der Waals surface area contributed by atoms with Crippen molar-refractivity contribution in [3.8, 4) is 0 Å². The molecule has 0 heterocycles. The molecular weight excluding hydrogens is 273 g/mol. The van der Waals surface area contributed by atoms with Gasteiger partial charge < -0.3 is 10.6 Å². The van der Waals surface area contributed by atoms with Gasteiger partial charge in [0.2, 0.25) is 11.8 Å². The van der Waals surface area contributed by atoms with Crippen LogP contribution in [0.5, 0.6) is 0 Å². The molecule has 0 aliphatic rings. The zero-order chi connectivity index (χ0) is 15.3. The molecule has 0 bridgehead atoms. The molecular formula is C13H15F3N2O2. The van der Waals surface area contributed by atoms with E-state index in [0.29, 0.717) is 0 Å². The first-order valence-corrected chi connectivity index (χ1v) is 5.89. The van der Waals surface area contributed by atoms with Crippen LogP contribution >= 0.6 is 0 Å². The van der Waals surface area contributed by atoms with Gasteiger partial charge in [0.05, 0.1) is 11.6 Å². The maximum absolute atomic E-state index is 12.7. The van der Waals surface area contributed by atoms with Crippen LogP contribution in [0.25, 0.3) is 0 Å². The zero-order valence-electron chi connectivity index (χ0n) is 11.0. The van der Waals surface area contributed by atoms with Crippen molar-refractivity contribution in [2.24, 2.45) is 0 Å². The van der Waals surface area contributed by atoms with Crippen molar-refractivity contribution in [1.82, 2.24) is 10.6 Å². The summed E-state index contributed by atoms with van der Waals surface area (Å²) in [6, 6.07) is 3.94. The van der Waals surface area contributed by atoms with Gasteiger partial charge in [-0.2, -0.15) is 13.2 Å². The van der Waals surface area contributed by atoms with E-state index in [9.17, 15) is 22.8 Å². The van der Waals surface area contributed by atoms with Gasteiger partial charge in [0.1, 0.15) is 0 Å². The second-order valence-corrected chi connectivity index (χ2v) is 4.31. The number of hydrogen-bond donors (Lipinski definition) is 2. The molecule has 1 aromatic carbocycles. The lowest BCUT2D eigenvalue weighted by Crippen LogP contribution is -2.36. The maximum Gasteiger partial charge on any atom is 0.416 e. The predicted octanol–water partition coefficient (Wildman–Crippen LogP) is 2.02. The van der Waals surface area contributed by atoms with E-state index in [4.69, 9.17) is 0 Å². The highest BCUT2D eigenvalue weighted by atomic mass is 19.4. The topological polar surface area (TPSA) is 58.2 Å². The SMILES string of the molecule is CC(=O)NCC(NC(C)=O)c1cccc(C(F)(F)F)c1. The Morgan fingerprint density at radius 3 is 2.35 bits per heavy atom. The molecule has 2 amide bonds. The third-order valence-electron chi connectivity index (χ3n) is 2.55. The summed E-state index contributed by atoms with van der Waals surface area (Å²) in [7, 11) is 0. The third kappa shape index (κ3) is 4.91. The molecule has 0 aromatic heterocycles. The highest BCUT2D eigenvalue weighted by Gasteiger charge is 2.31. The summed E-state index contributed by atoms with van der Waals surface area (Å²) in [6.45, 7) is 2.57. The summed E-state index contributed by atoms with van der Waals surface area (Å²) >= 11 is 0. The van der Waals surface area contributed by atoms with Gasteiger partial charge in [0, 0.05) is 20.4 Å². The summed E-state index contributed by atoms with van der Waals surface area (Å²) in [6.07, 6.45) is -4.45. The zero-order valence-corrected chi connectivity index (χ0v) is 11.0. The summed E-state index contributed by atoms with van der Waals surface area (Å²) < 4.78 is 38.0. The van der Waals surface area contributed by atoms with Crippen molar-refractivity contribution < 1.29 is 22.8 Å².